The molecule has 0 fully saturated rings. The SMILES string of the molecule is Cl.NCCC(=O)N1N=C(c2c(-c3ccccc3)c3cc(Cl)ccc3[nH]c2=O)CC1c1ccc(F)cc1. The highest BCUT2D eigenvalue weighted by Gasteiger charge is 2.35. The number of carbonyl (C=O) groups excluding carboxylic acids is 1. The summed E-state index contributed by atoms with van der Waals surface area (Å²) in [6, 6.07) is 20.3. The molecule has 3 aromatic carbocycles. The van der Waals surface area contributed by atoms with Crippen molar-refractivity contribution >= 4 is 46.5 Å². The lowest BCUT2D eigenvalue weighted by molar-refractivity contribution is -0.132. The van der Waals surface area contributed by atoms with Crippen LogP contribution in [0.3, 0.4) is 0 Å². The Hall–Kier alpha value is -3.52. The first-order valence-electron chi connectivity index (χ1n) is 11.2. The summed E-state index contributed by atoms with van der Waals surface area (Å²) in [6.45, 7) is 0.167. The number of carbonyl (C=O) groups is 1. The van der Waals surface area contributed by atoms with E-state index in [0.717, 1.165) is 16.5 Å². The predicted octanol–water partition coefficient (Wildman–Crippen LogP) is 5.44. The fourth-order valence-corrected chi connectivity index (χ4v) is 4.69. The van der Waals surface area contributed by atoms with Crippen molar-refractivity contribution in [3.63, 3.8) is 0 Å². The summed E-state index contributed by atoms with van der Waals surface area (Å²) in [5.74, 6) is -0.639. The van der Waals surface area contributed by atoms with Crippen LogP contribution < -0.4 is 11.3 Å². The maximum atomic E-state index is 13.6. The van der Waals surface area contributed by atoms with E-state index in [1.54, 1.807) is 24.3 Å². The molecule has 9 heteroatoms. The molecule has 1 atom stereocenters. The number of hydrazone groups is 1. The average Bonchev–Trinajstić information content (AvgIpc) is 3.30. The topological polar surface area (TPSA) is 91.6 Å². The van der Waals surface area contributed by atoms with Gasteiger partial charge in [0.15, 0.2) is 0 Å². The molecule has 0 radical (unpaired) electrons. The molecule has 1 amide bonds. The number of fused-ring (bicyclic) bond motifs is 1. The maximum Gasteiger partial charge on any atom is 0.258 e. The molecule has 4 aromatic rings. The molecule has 1 aliphatic rings. The van der Waals surface area contributed by atoms with Gasteiger partial charge in [-0.1, -0.05) is 54.1 Å². The van der Waals surface area contributed by atoms with Crippen molar-refractivity contribution in [2.75, 3.05) is 6.54 Å². The Morgan fingerprint density at radius 2 is 1.81 bits per heavy atom. The third-order valence-electron chi connectivity index (χ3n) is 6.11. The number of H-pyrrole nitrogens is 1. The van der Waals surface area contributed by atoms with Crippen molar-refractivity contribution in [1.82, 2.24) is 9.99 Å². The van der Waals surface area contributed by atoms with Crippen LogP contribution >= 0.6 is 24.0 Å². The zero-order valence-electron chi connectivity index (χ0n) is 19.1. The normalized spacial score (nSPS) is 15.0. The van der Waals surface area contributed by atoms with Gasteiger partial charge in [-0.3, -0.25) is 9.59 Å². The number of aromatic nitrogens is 1. The van der Waals surface area contributed by atoms with Gasteiger partial charge in [0.25, 0.3) is 5.56 Å². The van der Waals surface area contributed by atoms with Crippen LogP contribution in [0.1, 0.15) is 30.0 Å². The van der Waals surface area contributed by atoms with E-state index in [9.17, 15) is 14.0 Å². The zero-order valence-corrected chi connectivity index (χ0v) is 20.7. The van der Waals surface area contributed by atoms with Crippen molar-refractivity contribution in [1.29, 1.82) is 0 Å². The predicted molar refractivity (Wildman–Crippen MR) is 143 cm³/mol. The molecule has 3 N–H and O–H groups in total. The first-order valence-corrected chi connectivity index (χ1v) is 11.6. The summed E-state index contributed by atoms with van der Waals surface area (Å²) < 4.78 is 13.6. The lowest BCUT2D eigenvalue weighted by atomic mass is 9.91. The molecule has 0 saturated carbocycles. The van der Waals surface area contributed by atoms with E-state index < -0.39 is 6.04 Å². The Labute approximate surface area is 218 Å². The van der Waals surface area contributed by atoms with Crippen molar-refractivity contribution in [2.24, 2.45) is 10.8 Å². The van der Waals surface area contributed by atoms with Crippen molar-refractivity contribution < 1.29 is 9.18 Å². The minimum absolute atomic E-state index is 0. The number of hydrogen-bond acceptors (Lipinski definition) is 4. The second-order valence-corrected chi connectivity index (χ2v) is 8.79. The number of nitrogens with zero attached hydrogens (tertiary/aromatic N) is 2. The molecule has 1 aromatic heterocycles. The van der Waals surface area contributed by atoms with Crippen LogP contribution in [0.15, 0.2) is 82.7 Å². The Balaban J connectivity index is 0.00000304. The zero-order chi connectivity index (χ0) is 24.5. The number of aromatic amines is 1. The van der Waals surface area contributed by atoms with E-state index in [2.05, 4.69) is 10.1 Å². The van der Waals surface area contributed by atoms with E-state index in [4.69, 9.17) is 17.3 Å². The summed E-state index contributed by atoms with van der Waals surface area (Å²) in [5.41, 5.74) is 9.04. The van der Waals surface area contributed by atoms with Crippen LogP contribution in [0.5, 0.6) is 0 Å². The number of amides is 1. The van der Waals surface area contributed by atoms with Crippen LogP contribution in [0.4, 0.5) is 4.39 Å². The number of nitrogens with one attached hydrogen (secondary N) is 1. The number of hydrogen-bond donors (Lipinski definition) is 2. The van der Waals surface area contributed by atoms with Crippen LogP contribution in [0, 0.1) is 5.82 Å². The van der Waals surface area contributed by atoms with E-state index >= 15 is 0 Å². The van der Waals surface area contributed by atoms with Gasteiger partial charge in [0, 0.05) is 40.9 Å². The standard InChI is InChI=1S/C27H22ClFN4O2.ClH/c28-18-8-11-21-20(14-18)25(17-4-2-1-3-5-17)26(27(35)31-21)22-15-23(16-6-9-19(29)10-7-16)33(32-22)24(34)12-13-30;/h1-11,14,23H,12-13,15,30H2,(H,31,35);1H. The Kier molecular flexibility index (Phi) is 7.54. The monoisotopic (exact) mass is 524 g/mol. The summed E-state index contributed by atoms with van der Waals surface area (Å²) >= 11 is 6.33. The van der Waals surface area contributed by atoms with E-state index in [1.165, 1.54) is 17.1 Å². The summed E-state index contributed by atoms with van der Waals surface area (Å²) in [6.07, 6.45) is 0.390. The number of pyridine rings is 1. The molecule has 0 saturated heterocycles. The van der Waals surface area contributed by atoms with Crippen LogP contribution in [0.2, 0.25) is 5.02 Å². The highest BCUT2D eigenvalue weighted by molar-refractivity contribution is 6.31. The smallest absolute Gasteiger partial charge is 0.258 e. The molecular formula is C27H23Cl2FN4O2. The first kappa shape index (κ1) is 25.6. The quantitative estimate of drug-likeness (QED) is 0.364. The van der Waals surface area contributed by atoms with Gasteiger partial charge in [-0.15, -0.1) is 12.4 Å². The van der Waals surface area contributed by atoms with Crippen LogP contribution in [0.25, 0.3) is 22.0 Å². The lowest BCUT2D eigenvalue weighted by Gasteiger charge is -2.21. The molecule has 0 aliphatic carbocycles. The molecular weight excluding hydrogens is 502 g/mol. The van der Waals surface area contributed by atoms with E-state index in [0.29, 0.717) is 27.4 Å². The molecule has 36 heavy (non-hydrogen) atoms. The molecule has 1 unspecified atom stereocenters. The molecule has 5 rings (SSSR count). The van der Waals surface area contributed by atoms with E-state index in [1.807, 2.05) is 36.4 Å². The number of halogens is 3. The second-order valence-electron chi connectivity index (χ2n) is 8.36. The van der Waals surface area contributed by atoms with Crippen molar-refractivity contribution in [3.05, 3.63) is 105 Å². The number of benzene rings is 3. The van der Waals surface area contributed by atoms with Crippen LogP contribution in [-0.2, 0) is 4.79 Å². The van der Waals surface area contributed by atoms with Crippen LogP contribution in [-0.4, -0.2) is 28.2 Å². The largest absolute Gasteiger partial charge is 0.330 e. The molecule has 6 nitrogen and oxygen atoms in total. The highest BCUT2D eigenvalue weighted by atomic mass is 35.5. The Bertz CT molecular complexity index is 1500. The number of rotatable bonds is 5. The van der Waals surface area contributed by atoms with Gasteiger partial charge in [-0.2, -0.15) is 5.10 Å². The van der Waals surface area contributed by atoms with Gasteiger partial charge < -0.3 is 10.7 Å². The van der Waals surface area contributed by atoms with Crippen molar-refractivity contribution in [2.45, 2.75) is 18.9 Å². The summed E-state index contributed by atoms with van der Waals surface area (Å²) in [5, 5.41) is 7.30. The highest BCUT2D eigenvalue weighted by Crippen LogP contribution is 2.37. The molecule has 0 bridgehead atoms. The Morgan fingerprint density at radius 3 is 2.50 bits per heavy atom. The van der Waals surface area contributed by atoms with Gasteiger partial charge in [0.2, 0.25) is 5.91 Å². The summed E-state index contributed by atoms with van der Waals surface area (Å²) in [7, 11) is 0. The average molecular weight is 525 g/mol. The van der Waals surface area contributed by atoms with Gasteiger partial charge in [0.1, 0.15) is 5.82 Å². The number of nitrogens with two attached hydrogens (primary N) is 1. The van der Waals surface area contributed by atoms with E-state index in [-0.39, 0.29) is 49.1 Å². The van der Waals surface area contributed by atoms with Gasteiger partial charge >= 0.3 is 0 Å². The third kappa shape index (κ3) is 4.78. The third-order valence-corrected chi connectivity index (χ3v) is 6.34. The fraction of sp³-hybridized carbons (Fsp3) is 0.148. The van der Waals surface area contributed by atoms with Gasteiger partial charge in [-0.25, -0.2) is 9.40 Å². The fourth-order valence-electron chi connectivity index (χ4n) is 4.52. The molecule has 184 valence electrons. The van der Waals surface area contributed by atoms with Gasteiger partial charge in [-0.05, 0) is 41.5 Å². The Morgan fingerprint density at radius 1 is 1.08 bits per heavy atom. The summed E-state index contributed by atoms with van der Waals surface area (Å²) in [4.78, 5) is 29.3. The van der Waals surface area contributed by atoms with Gasteiger partial charge in [0.05, 0.1) is 17.3 Å². The molecule has 2 heterocycles. The first-order chi connectivity index (χ1) is 17.0. The van der Waals surface area contributed by atoms with Crippen molar-refractivity contribution in [3.8, 4) is 11.1 Å². The molecule has 1 aliphatic heterocycles. The second kappa shape index (κ2) is 10.6. The maximum absolute atomic E-state index is 13.6. The lowest BCUT2D eigenvalue weighted by Crippen LogP contribution is -2.28. The minimum atomic E-state index is -0.484. The molecule has 0 spiro atoms. The minimum Gasteiger partial charge on any atom is -0.330 e.